The number of amides is 1. The molecule has 2 aromatic rings. The van der Waals surface area contributed by atoms with Crippen molar-refractivity contribution in [3.8, 4) is 11.3 Å². The molecule has 2 aliphatic rings. The molecule has 1 spiro atoms. The van der Waals surface area contributed by atoms with Crippen LogP contribution < -0.4 is 5.32 Å². The van der Waals surface area contributed by atoms with Crippen molar-refractivity contribution in [2.75, 3.05) is 6.61 Å². The van der Waals surface area contributed by atoms with Gasteiger partial charge in [0, 0.05) is 25.3 Å². The summed E-state index contributed by atoms with van der Waals surface area (Å²) in [5.41, 5.74) is 2.46. The van der Waals surface area contributed by atoms with Crippen molar-refractivity contribution in [1.82, 2.24) is 15.1 Å². The Morgan fingerprint density at radius 2 is 2.04 bits per heavy atom. The second kappa shape index (κ2) is 6.64. The molecule has 0 bridgehead atoms. The van der Waals surface area contributed by atoms with E-state index in [4.69, 9.17) is 4.74 Å². The van der Waals surface area contributed by atoms with Crippen LogP contribution in [0.5, 0.6) is 0 Å². The Morgan fingerprint density at radius 1 is 1.28 bits per heavy atom. The number of aromatic nitrogens is 2. The first-order valence-electron chi connectivity index (χ1n) is 9.20. The molecule has 1 unspecified atom stereocenters. The summed E-state index contributed by atoms with van der Waals surface area (Å²) in [6.07, 6.45) is 6.55. The van der Waals surface area contributed by atoms with E-state index < -0.39 is 0 Å². The Bertz CT molecular complexity index is 748. The summed E-state index contributed by atoms with van der Waals surface area (Å²) in [6, 6.07) is 12.0. The summed E-state index contributed by atoms with van der Waals surface area (Å²) < 4.78 is 7.73. The van der Waals surface area contributed by atoms with Gasteiger partial charge in [0.05, 0.1) is 11.3 Å². The summed E-state index contributed by atoms with van der Waals surface area (Å²) in [5, 5.41) is 7.71. The standard InChI is InChI=1S/C20H25N3O2/c1-23-18(13-17(22-23)15-7-3-2-4-8-15)19(24)21-16-9-12-25-20(14-16)10-5-6-11-20/h2-4,7-8,13,16H,5-6,9-12,14H2,1H3,(H,21,24). The first-order valence-corrected chi connectivity index (χ1v) is 9.20. The monoisotopic (exact) mass is 339 g/mol. The third-order valence-corrected chi connectivity index (χ3v) is 5.52. The van der Waals surface area contributed by atoms with Crippen molar-refractivity contribution < 1.29 is 9.53 Å². The Kier molecular flexibility index (Phi) is 4.34. The fourth-order valence-corrected chi connectivity index (χ4v) is 4.21. The minimum atomic E-state index is -0.0442. The molecule has 132 valence electrons. The van der Waals surface area contributed by atoms with Crippen LogP contribution in [-0.2, 0) is 11.8 Å². The molecule has 1 N–H and O–H groups in total. The van der Waals surface area contributed by atoms with Crippen molar-refractivity contribution in [2.45, 2.75) is 50.2 Å². The largest absolute Gasteiger partial charge is 0.375 e. The molecule has 25 heavy (non-hydrogen) atoms. The van der Waals surface area contributed by atoms with Crippen molar-refractivity contribution in [1.29, 1.82) is 0 Å². The smallest absolute Gasteiger partial charge is 0.269 e. The van der Waals surface area contributed by atoms with E-state index in [9.17, 15) is 4.79 Å². The molecule has 4 rings (SSSR count). The predicted octanol–water partition coefficient (Wildman–Crippen LogP) is 3.31. The molecule has 1 aliphatic carbocycles. The van der Waals surface area contributed by atoms with Crippen molar-refractivity contribution in [3.05, 3.63) is 42.1 Å². The minimum Gasteiger partial charge on any atom is -0.375 e. The highest BCUT2D eigenvalue weighted by Gasteiger charge is 2.40. The summed E-state index contributed by atoms with van der Waals surface area (Å²) in [4.78, 5) is 12.8. The van der Waals surface area contributed by atoms with Gasteiger partial charge in [0.15, 0.2) is 0 Å². The van der Waals surface area contributed by atoms with Gasteiger partial charge < -0.3 is 10.1 Å². The SMILES string of the molecule is Cn1nc(-c2ccccc2)cc1C(=O)NC1CCOC2(CCCC2)C1. The first-order chi connectivity index (χ1) is 12.2. The molecule has 1 atom stereocenters. The van der Waals surface area contributed by atoms with Crippen LogP contribution in [0.1, 0.15) is 49.0 Å². The number of ether oxygens (including phenoxy) is 1. The van der Waals surface area contributed by atoms with E-state index in [1.807, 2.05) is 43.4 Å². The highest BCUT2D eigenvalue weighted by molar-refractivity contribution is 5.93. The van der Waals surface area contributed by atoms with E-state index in [-0.39, 0.29) is 17.6 Å². The number of carbonyl (C=O) groups is 1. The Morgan fingerprint density at radius 3 is 2.80 bits per heavy atom. The third kappa shape index (κ3) is 3.33. The summed E-state index contributed by atoms with van der Waals surface area (Å²) >= 11 is 0. The molecule has 1 aromatic carbocycles. The van der Waals surface area contributed by atoms with Gasteiger partial charge in [-0.2, -0.15) is 5.10 Å². The lowest BCUT2D eigenvalue weighted by Crippen LogP contribution is -2.47. The average Bonchev–Trinajstić information content (AvgIpc) is 3.23. The molecule has 1 amide bonds. The van der Waals surface area contributed by atoms with E-state index in [1.54, 1.807) is 4.68 Å². The second-order valence-corrected chi connectivity index (χ2v) is 7.31. The van der Waals surface area contributed by atoms with Crippen LogP contribution in [0.3, 0.4) is 0 Å². The van der Waals surface area contributed by atoms with Crippen LogP contribution >= 0.6 is 0 Å². The first kappa shape index (κ1) is 16.3. The minimum absolute atomic E-state index is 0.0118. The van der Waals surface area contributed by atoms with E-state index in [0.29, 0.717) is 5.69 Å². The van der Waals surface area contributed by atoms with Gasteiger partial charge in [-0.05, 0) is 31.7 Å². The van der Waals surface area contributed by atoms with Gasteiger partial charge in [0.25, 0.3) is 5.91 Å². The maximum atomic E-state index is 12.8. The lowest BCUT2D eigenvalue weighted by Gasteiger charge is -2.38. The van der Waals surface area contributed by atoms with Gasteiger partial charge in [-0.15, -0.1) is 0 Å². The summed E-state index contributed by atoms with van der Waals surface area (Å²) in [7, 11) is 1.82. The fourth-order valence-electron chi connectivity index (χ4n) is 4.21. The topological polar surface area (TPSA) is 56.2 Å². The van der Waals surface area contributed by atoms with Crippen LogP contribution in [0.15, 0.2) is 36.4 Å². The van der Waals surface area contributed by atoms with Crippen LogP contribution in [0.25, 0.3) is 11.3 Å². The Labute approximate surface area is 148 Å². The molecule has 1 aromatic heterocycles. The number of nitrogens with zero attached hydrogens (tertiary/aromatic N) is 2. The molecule has 1 saturated heterocycles. The lowest BCUT2D eigenvalue weighted by molar-refractivity contribution is -0.0823. The highest BCUT2D eigenvalue weighted by Crippen LogP contribution is 2.40. The number of hydrogen-bond donors (Lipinski definition) is 1. The highest BCUT2D eigenvalue weighted by atomic mass is 16.5. The molecular formula is C20H25N3O2. The summed E-state index contributed by atoms with van der Waals surface area (Å²) in [5.74, 6) is -0.0442. The maximum Gasteiger partial charge on any atom is 0.269 e. The Hall–Kier alpha value is -2.14. The number of carbonyl (C=O) groups excluding carboxylic acids is 1. The quantitative estimate of drug-likeness (QED) is 0.933. The number of nitrogens with one attached hydrogen (secondary N) is 1. The lowest BCUT2D eigenvalue weighted by atomic mass is 9.89. The van der Waals surface area contributed by atoms with Crippen LogP contribution in [0.4, 0.5) is 0 Å². The van der Waals surface area contributed by atoms with Gasteiger partial charge >= 0.3 is 0 Å². The normalized spacial score (nSPS) is 22.2. The van der Waals surface area contributed by atoms with Crippen molar-refractivity contribution in [2.24, 2.45) is 7.05 Å². The molecule has 1 aliphatic heterocycles. The molecule has 1 saturated carbocycles. The third-order valence-electron chi connectivity index (χ3n) is 5.52. The summed E-state index contributed by atoms with van der Waals surface area (Å²) in [6.45, 7) is 0.742. The maximum absolute atomic E-state index is 12.8. The number of rotatable bonds is 3. The van der Waals surface area contributed by atoms with E-state index in [0.717, 1.165) is 43.5 Å². The zero-order valence-electron chi connectivity index (χ0n) is 14.7. The van der Waals surface area contributed by atoms with Gasteiger partial charge in [-0.25, -0.2) is 0 Å². The van der Waals surface area contributed by atoms with Crippen molar-refractivity contribution >= 4 is 5.91 Å². The molecular weight excluding hydrogens is 314 g/mol. The van der Waals surface area contributed by atoms with Gasteiger partial charge in [0.2, 0.25) is 0 Å². The van der Waals surface area contributed by atoms with Gasteiger partial charge in [-0.3, -0.25) is 9.48 Å². The molecule has 0 radical (unpaired) electrons. The second-order valence-electron chi connectivity index (χ2n) is 7.31. The zero-order chi connectivity index (χ0) is 17.3. The average molecular weight is 339 g/mol. The van der Waals surface area contributed by atoms with Gasteiger partial charge in [-0.1, -0.05) is 43.2 Å². The fraction of sp³-hybridized carbons (Fsp3) is 0.500. The number of aryl methyl sites for hydroxylation is 1. The zero-order valence-corrected chi connectivity index (χ0v) is 14.7. The molecule has 5 nitrogen and oxygen atoms in total. The predicted molar refractivity (Wildman–Crippen MR) is 96.3 cm³/mol. The van der Waals surface area contributed by atoms with Crippen LogP contribution in [0, 0.1) is 0 Å². The Balaban J connectivity index is 1.47. The van der Waals surface area contributed by atoms with Crippen molar-refractivity contribution in [3.63, 3.8) is 0 Å². The van der Waals surface area contributed by atoms with Crippen LogP contribution in [0.2, 0.25) is 0 Å². The van der Waals surface area contributed by atoms with E-state index >= 15 is 0 Å². The molecule has 5 heteroatoms. The van der Waals surface area contributed by atoms with E-state index in [2.05, 4.69) is 10.4 Å². The van der Waals surface area contributed by atoms with Crippen LogP contribution in [-0.4, -0.2) is 33.9 Å². The van der Waals surface area contributed by atoms with E-state index in [1.165, 1.54) is 12.8 Å². The number of hydrogen-bond acceptors (Lipinski definition) is 3. The molecule has 2 fully saturated rings. The van der Waals surface area contributed by atoms with Gasteiger partial charge in [0.1, 0.15) is 5.69 Å². The number of benzene rings is 1. The molecule has 2 heterocycles.